The van der Waals surface area contributed by atoms with Crippen molar-refractivity contribution in [3.63, 3.8) is 0 Å². The predicted molar refractivity (Wildman–Crippen MR) is 132 cm³/mol. The predicted octanol–water partition coefficient (Wildman–Crippen LogP) is 3.68. The molecule has 1 N–H and O–H groups in total. The standard InChI is InChI=1S/C26H25N7O/c1-31-15-10-19-9-13-29-25(23(19)31)33(21-4-2-11-27-16-21)26(34)20-7-5-18(6-8-20)22-17-30-32-14-3-12-28-24(22)32/h3,5-10,12-15,17,21,27H,2,4,11,16H2,1H3/t21-/m1/s1. The number of aryl methyl sites for hydroxylation is 1. The molecule has 0 saturated carbocycles. The fourth-order valence-electron chi connectivity index (χ4n) is 4.85. The van der Waals surface area contributed by atoms with E-state index in [-0.39, 0.29) is 11.9 Å². The van der Waals surface area contributed by atoms with E-state index in [2.05, 4.69) is 21.5 Å². The van der Waals surface area contributed by atoms with Gasteiger partial charge in [-0.25, -0.2) is 14.5 Å². The fraction of sp³-hybridized carbons (Fsp3) is 0.231. The molecule has 0 unspecified atom stereocenters. The molecule has 1 aromatic carbocycles. The van der Waals surface area contributed by atoms with Crippen LogP contribution >= 0.6 is 0 Å². The third-order valence-corrected chi connectivity index (χ3v) is 6.57. The summed E-state index contributed by atoms with van der Waals surface area (Å²) >= 11 is 0. The van der Waals surface area contributed by atoms with Crippen molar-refractivity contribution >= 4 is 28.3 Å². The number of nitrogens with zero attached hydrogens (tertiary/aromatic N) is 6. The highest BCUT2D eigenvalue weighted by atomic mass is 16.2. The van der Waals surface area contributed by atoms with Gasteiger partial charge in [-0.3, -0.25) is 9.69 Å². The van der Waals surface area contributed by atoms with Crippen LogP contribution in [0.1, 0.15) is 23.2 Å². The zero-order chi connectivity index (χ0) is 23.1. The van der Waals surface area contributed by atoms with Crippen LogP contribution in [0.4, 0.5) is 5.82 Å². The Hall–Kier alpha value is -4.04. The zero-order valence-corrected chi connectivity index (χ0v) is 18.9. The van der Waals surface area contributed by atoms with Crippen LogP contribution < -0.4 is 10.2 Å². The molecule has 34 heavy (non-hydrogen) atoms. The average molecular weight is 452 g/mol. The Morgan fingerprint density at radius 1 is 1.09 bits per heavy atom. The lowest BCUT2D eigenvalue weighted by molar-refractivity contribution is 0.0971. The molecule has 1 fully saturated rings. The van der Waals surface area contributed by atoms with Crippen LogP contribution in [0.5, 0.6) is 0 Å². The number of pyridine rings is 1. The molecule has 8 nitrogen and oxygen atoms in total. The first kappa shape index (κ1) is 20.6. The van der Waals surface area contributed by atoms with Crippen molar-refractivity contribution in [1.29, 1.82) is 0 Å². The Labute approximate surface area is 196 Å². The van der Waals surface area contributed by atoms with E-state index in [0.717, 1.165) is 53.6 Å². The van der Waals surface area contributed by atoms with Gasteiger partial charge < -0.3 is 9.88 Å². The van der Waals surface area contributed by atoms with Crippen LogP contribution in [0.2, 0.25) is 0 Å². The normalized spacial score (nSPS) is 16.2. The summed E-state index contributed by atoms with van der Waals surface area (Å²) in [7, 11) is 1.99. The molecule has 0 bridgehead atoms. The summed E-state index contributed by atoms with van der Waals surface area (Å²) in [5, 5.41) is 8.90. The molecule has 6 rings (SSSR count). The highest BCUT2D eigenvalue weighted by molar-refractivity contribution is 6.10. The molecule has 5 heterocycles. The number of hydrogen-bond acceptors (Lipinski definition) is 5. The van der Waals surface area contributed by atoms with Gasteiger partial charge in [-0.05, 0) is 55.3 Å². The second-order valence-electron chi connectivity index (χ2n) is 8.70. The molecule has 4 aromatic heterocycles. The van der Waals surface area contributed by atoms with E-state index in [9.17, 15) is 4.79 Å². The second-order valence-corrected chi connectivity index (χ2v) is 8.70. The summed E-state index contributed by atoms with van der Waals surface area (Å²) in [4.78, 5) is 25.0. The smallest absolute Gasteiger partial charge is 0.259 e. The maximum Gasteiger partial charge on any atom is 0.259 e. The fourth-order valence-corrected chi connectivity index (χ4v) is 4.85. The quantitative estimate of drug-likeness (QED) is 0.451. The largest absolute Gasteiger partial charge is 0.348 e. The van der Waals surface area contributed by atoms with Crippen molar-refractivity contribution in [2.45, 2.75) is 18.9 Å². The van der Waals surface area contributed by atoms with Crippen LogP contribution in [-0.2, 0) is 7.05 Å². The molecule has 1 saturated heterocycles. The molecule has 0 aliphatic carbocycles. The maximum absolute atomic E-state index is 14.0. The highest BCUT2D eigenvalue weighted by Crippen LogP contribution is 2.30. The Bertz CT molecular complexity index is 1480. The molecule has 1 aliphatic heterocycles. The average Bonchev–Trinajstić information content (AvgIpc) is 3.49. The summed E-state index contributed by atoms with van der Waals surface area (Å²) in [6.07, 6.45) is 11.2. The Balaban J connectivity index is 1.40. The summed E-state index contributed by atoms with van der Waals surface area (Å²) in [6, 6.07) is 13.6. The number of amides is 1. The van der Waals surface area contributed by atoms with Gasteiger partial charge in [0.05, 0.1) is 17.8 Å². The van der Waals surface area contributed by atoms with Crippen LogP contribution in [0, 0.1) is 0 Å². The highest BCUT2D eigenvalue weighted by Gasteiger charge is 2.30. The molecule has 1 atom stereocenters. The maximum atomic E-state index is 14.0. The summed E-state index contributed by atoms with van der Waals surface area (Å²) in [5.41, 5.74) is 4.29. The van der Waals surface area contributed by atoms with Crippen LogP contribution in [-0.4, -0.2) is 49.2 Å². The number of anilines is 1. The minimum absolute atomic E-state index is 0.0396. The van der Waals surface area contributed by atoms with Gasteiger partial charge >= 0.3 is 0 Å². The van der Waals surface area contributed by atoms with Gasteiger partial charge in [0.2, 0.25) is 0 Å². The molecule has 1 amide bonds. The van der Waals surface area contributed by atoms with E-state index in [1.54, 1.807) is 23.1 Å². The second kappa shape index (κ2) is 8.39. The van der Waals surface area contributed by atoms with E-state index in [4.69, 9.17) is 4.98 Å². The first-order valence-electron chi connectivity index (χ1n) is 11.5. The SMILES string of the molecule is Cn1ccc2ccnc(N(C(=O)c3ccc(-c4cnn5cccnc45)cc3)[C@@H]3CCCNC3)c21. The van der Waals surface area contributed by atoms with Crippen molar-refractivity contribution in [3.8, 4) is 11.1 Å². The monoisotopic (exact) mass is 451 g/mol. The lowest BCUT2D eigenvalue weighted by atomic mass is 10.0. The Morgan fingerprint density at radius 2 is 1.97 bits per heavy atom. The van der Waals surface area contributed by atoms with Crippen LogP contribution in [0.3, 0.4) is 0 Å². The van der Waals surface area contributed by atoms with Crippen molar-refractivity contribution in [3.05, 3.63) is 79.0 Å². The number of rotatable bonds is 4. The van der Waals surface area contributed by atoms with Gasteiger partial charge in [0.25, 0.3) is 5.91 Å². The minimum atomic E-state index is -0.0422. The van der Waals surface area contributed by atoms with Gasteiger partial charge in [0.15, 0.2) is 11.5 Å². The molecule has 0 radical (unpaired) electrons. The van der Waals surface area contributed by atoms with E-state index in [0.29, 0.717) is 11.4 Å². The molecule has 5 aromatic rings. The van der Waals surface area contributed by atoms with Gasteiger partial charge in [0.1, 0.15) is 0 Å². The molecule has 0 spiro atoms. The molecular formula is C26H25N7O. The summed E-state index contributed by atoms with van der Waals surface area (Å²) in [5.74, 6) is 0.666. The van der Waals surface area contributed by atoms with Gasteiger partial charge in [0, 0.05) is 54.9 Å². The number of fused-ring (bicyclic) bond motifs is 2. The lowest BCUT2D eigenvalue weighted by Crippen LogP contribution is -2.49. The number of hydrogen-bond donors (Lipinski definition) is 1. The van der Waals surface area contributed by atoms with E-state index < -0.39 is 0 Å². The lowest BCUT2D eigenvalue weighted by Gasteiger charge is -2.34. The number of benzene rings is 1. The van der Waals surface area contributed by atoms with E-state index in [1.807, 2.05) is 65.3 Å². The minimum Gasteiger partial charge on any atom is -0.348 e. The van der Waals surface area contributed by atoms with Crippen LogP contribution in [0.25, 0.3) is 27.7 Å². The first-order chi connectivity index (χ1) is 16.7. The Kier molecular flexibility index (Phi) is 5.07. The number of aromatic nitrogens is 5. The van der Waals surface area contributed by atoms with Gasteiger partial charge in [-0.1, -0.05) is 12.1 Å². The van der Waals surface area contributed by atoms with Crippen molar-refractivity contribution < 1.29 is 4.79 Å². The van der Waals surface area contributed by atoms with E-state index in [1.165, 1.54) is 0 Å². The third-order valence-electron chi connectivity index (χ3n) is 6.57. The Morgan fingerprint density at radius 3 is 2.79 bits per heavy atom. The van der Waals surface area contributed by atoms with E-state index >= 15 is 0 Å². The molecule has 170 valence electrons. The summed E-state index contributed by atoms with van der Waals surface area (Å²) in [6.45, 7) is 1.73. The number of carbonyl (C=O) groups excluding carboxylic acids is 1. The first-order valence-corrected chi connectivity index (χ1v) is 11.5. The van der Waals surface area contributed by atoms with Crippen molar-refractivity contribution in [2.24, 2.45) is 7.05 Å². The number of nitrogens with one attached hydrogen (secondary N) is 1. The molecule has 1 aliphatic rings. The zero-order valence-electron chi connectivity index (χ0n) is 18.9. The topological polar surface area (TPSA) is 80.4 Å². The third kappa shape index (κ3) is 3.43. The van der Waals surface area contributed by atoms with Gasteiger partial charge in [-0.15, -0.1) is 0 Å². The van der Waals surface area contributed by atoms with Crippen molar-refractivity contribution in [2.75, 3.05) is 18.0 Å². The van der Waals surface area contributed by atoms with Crippen LogP contribution in [0.15, 0.2) is 73.4 Å². The number of piperidine rings is 1. The number of carbonyl (C=O) groups is 1. The van der Waals surface area contributed by atoms with Crippen molar-refractivity contribution in [1.82, 2.24) is 29.5 Å². The summed E-state index contributed by atoms with van der Waals surface area (Å²) < 4.78 is 3.79. The molecular weight excluding hydrogens is 426 g/mol. The van der Waals surface area contributed by atoms with Gasteiger partial charge in [-0.2, -0.15) is 5.10 Å². The molecule has 8 heteroatoms.